The minimum Gasteiger partial charge on any atom is -0.443 e. The fourth-order valence-corrected chi connectivity index (χ4v) is 4.21. The first kappa shape index (κ1) is 29.2. The van der Waals surface area contributed by atoms with E-state index in [9.17, 15) is 19.8 Å². The summed E-state index contributed by atoms with van der Waals surface area (Å²) in [4.78, 5) is 27.5. The number of rotatable bonds is 7. The second-order valence-electron chi connectivity index (χ2n) is 9.29. The summed E-state index contributed by atoms with van der Waals surface area (Å²) in [7, 11) is 0. The Balaban J connectivity index is 2.85. The molecular weight excluding hydrogens is 428 g/mol. The van der Waals surface area contributed by atoms with E-state index >= 15 is 0 Å². The third kappa shape index (κ3) is 11.2. The van der Waals surface area contributed by atoms with Crippen LogP contribution in [0.3, 0.4) is 0 Å². The molecule has 0 spiro atoms. The fraction of sp³-hybridized carbons (Fsp3) is 0.913. The van der Waals surface area contributed by atoms with Crippen molar-refractivity contribution in [2.45, 2.75) is 104 Å². The predicted octanol–water partition coefficient (Wildman–Crippen LogP) is 4.09. The number of unbranched alkanes of at least 4 members (excludes halogenated alkanes) is 1. The molecule has 1 rings (SSSR count). The van der Waals surface area contributed by atoms with Gasteiger partial charge in [0, 0.05) is 36.8 Å². The molecule has 7 unspecified atom stereocenters. The largest absolute Gasteiger partial charge is 0.443 e. The number of nitrogens with one attached hydrogen (secondary N) is 1. The van der Waals surface area contributed by atoms with Crippen molar-refractivity contribution in [1.82, 2.24) is 5.32 Å². The van der Waals surface area contributed by atoms with E-state index < -0.39 is 36.6 Å². The molecule has 7 atom stereocenters. The van der Waals surface area contributed by atoms with Crippen LogP contribution in [0.2, 0.25) is 0 Å². The van der Waals surface area contributed by atoms with Gasteiger partial charge in [-0.05, 0) is 55.9 Å². The summed E-state index contributed by atoms with van der Waals surface area (Å²) >= 11 is 0. The van der Waals surface area contributed by atoms with Gasteiger partial charge in [-0.2, -0.15) is 0 Å². The monoisotopic (exact) mass is 470 g/mol. The van der Waals surface area contributed by atoms with E-state index in [0.29, 0.717) is 45.2 Å². The van der Waals surface area contributed by atoms with Crippen molar-refractivity contribution < 1.29 is 29.3 Å². The van der Waals surface area contributed by atoms with Crippen molar-refractivity contribution in [2.75, 3.05) is 13.1 Å². The molecule has 33 heavy (non-hydrogen) atoms. The Labute approximate surface area is 197 Å². The van der Waals surface area contributed by atoms with Crippen LogP contribution in [0.15, 0.2) is 5.11 Å². The number of azide groups is 1. The minimum atomic E-state index is -1.23. The second-order valence-corrected chi connectivity index (χ2v) is 9.29. The van der Waals surface area contributed by atoms with E-state index in [-0.39, 0.29) is 24.0 Å². The Morgan fingerprint density at radius 2 is 1.94 bits per heavy atom. The SMILES string of the molecule is CCC1OC(O)C(C)C(O)C(C)CC(C)CCC(=O)CCC1OC(=O)NCCCCN=[N+]=[N-]. The van der Waals surface area contributed by atoms with Crippen LogP contribution in [0.25, 0.3) is 10.4 Å². The molecule has 0 aromatic rings. The van der Waals surface area contributed by atoms with Crippen LogP contribution in [0.4, 0.5) is 4.79 Å². The molecule has 3 N–H and O–H groups in total. The predicted molar refractivity (Wildman–Crippen MR) is 124 cm³/mol. The lowest BCUT2D eigenvalue weighted by molar-refractivity contribution is -0.206. The molecule has 0 aliphatic carbocycles. The highest BCUT2D eigenvalue weighted by molar-refractivity contribution is 5.78. The zero-order valence-electron chi connectivity index (χ0n) is 20.5. The van der Waals surface area contributed by atoms with Gasteiger partial charge >= 0.3 is 6.09 Å². The number of carbonyl (C=O) groups is 2. The third-order valence-electron chi connectivity index (χ3n) is 6.38. The molecule has 1 aliphatic rings. The van der Waals surface area contributed by atoms with Gasteiger partial charge in [0.05, 0.1) is 12.2 Å². The highest BCUT2D eigenvalue weighted by Crippen LogP contribution is 2.28. The van der Waals surface area contributed by atoms with Gasteiger partial charge in [-0.3, -0.25) is 4.79 Å². The Morgan fingerprint density at radius 3 is 2.61 bits per heavy atom. The van der Waals surface area contributed by atoms with E-state index in [2.05, 4.69) is 22.3 Å². The van der Waals surface area contributed by atoms with Crippen molar-refractivity contribution in [1.29, 1.82) is 0 Å². The van der Waals surface area contributed by atoms with E-state index in [1.54, 1.807) is 6.92 Å². The molecule has 0 bridgehead atoms. The number of nitrogens with zero attached hydrogens (tertiary/aromatic N) is 3. The van der Waals surface area contributed by atoms with E-state index in [1.165, 1.54) is 0 Å². The molecule has 10 heteroatoms. The maximum atomic E-state index is 12.5. The zero-order valence-corrected chi connectivity index (χ0v) is 20.5. The van der Waals surface area contributed by atoms with E-state index in [0.717, 1.165) is 12.8 Å². The summed E-state index contributed by atoms with van der Waals surface area (Å²) in [6, 6.07) is 0. The number of Topliss-reactive ketones (excluding diaryl/α,β-unsaturated/α-hetero) is 1. The number of ketones is 1. The Morgan fingerprint density at radius 1 is 1.24 bits per heavy atom. The molecule has 0 aromatic heterocycles. The average molecular weight is 471 g/mol. The van der Waals surface area contributed by atoms with Gasteiger partial charge in [-0.25, -0.2) is 4.79 Å². The number of aliphatic hydroxyl groups is 2. The Bertz CT molecular complexity index is 642. The maximum Gasteiger partial charge on any atom is 0.407 e. The Kier molecular flexibility index (Phi) is 14.0. The topological polar surface area (TPSA) is 154 Å². The van der Waals surface area contributed by atoms with Crippen LogP contribution < -0.4 is 5.32 Å². The van der Waals surface area contributed by atoms with Crippen molar-refractivity contribution in [3.8, 4) is 0 Å². The van der Waals surface area contributed by atoms with Gasteiger partial charge in [-0.1, -0.05) is 32.8 Å². The quantitative estimate of drug-likeness (QED) is 0.220. The summed E-state index contributed by atoms with van der Waals surface area (Å²) in [5, 5.41) is 27.5. The molecule has 10 nitrogen and oxygen atoms in total. The number of hydrogen-bond acceptors (Lipinski definition) is 7. The number of carbonyl (C=O) groups excluding carboxylic acids is 2. The number of alkyl carbamates (subject to hydrolysis) is 1. The van der Waals surface area contributed by atoms with Gasteiger partial charge < -0.3 is 25.0 Å². The van der Waals surface area contributed by atoms with Gasteiger partial charge in [0.15, 0.2) is 6.29 Å². The van der Waals surface area contributed by atoms with Crippen molar-refractivity contribution in [3.63, 3.8) is 0 Å². The lowest BCUT2D eigenvalue weighted by atomic mass is 9.84. The molecule has 1 saturated heterocycles. The van der Waals surface area contributed by atoms with Crippen molar-refractivity contribution in [2.24, 2.45) is 22.9 Å². The number of aliphatic hydroxyl groups excluding tert-OH is 2. The minimum absolute atomic E-state index is 0.0527. The third-order valence-corrected chi connectivity index (χ3v) is 6.38. The number of ether oxygens (including phenoxy) is 2. The molecule has 1 heterocycles. The first-order valence-corrected chi connectivity index (χ1v) is 12.2. The van der Waals surface area contributed by atoms with Crippen LogP contribution in [0.1, 0.15) is 79.1 Å². The summed E-state index contributed by atoms with van der Waals surface area (Å²) in [6.07, 6.45) is 0.327. The van der Waals surface area contributed by atoms with Gasteiger partial charge in [0.25, 0.3) is 0 Å². The molecule has 0 radical (unpaired) electrons. The molecule has 1 amide bonds. The lowest BCUT2D eigenvalue weighted by Crippen LogP contribution is -2.43. The molecular formula is C23H42N4O6. The Hall–Kier alpha value is -1.87. The molecule has 0 saturated carbocycles. The van der Waals surface area contributed by atoms with Crippen LogP contribution in [-0.4, -0.2) is 59.8 Å². The maximum absolute atomic E-state index is 12.5. The molecule has 1 aliphatic heterocycles. The highest BCUT2D eigenvalue weighted by atomic mass is 16.6. The smallest absolute Gasteiger partial charge is 0.407 e. The molecule has 190 valence electrons. The summed E-state index contributed by atoms with van der Waals surface area (Å²) in [6.45, 7) is 8.34. The van der Waals surface area contributed by atoms with E-state index in [4.69, 9.17) is 15.0 Å². The first-order chi connectivity index (χ1) is 15.7. The van der Waals surface area contributed by atoms with Gasteiger partial charge in [-0.15, -0.1) is 0 Å². The van der Waals surface area contributed by atoms with Crippen LogP contribution >= 0.6 is 0 Å². The first-order valence-electron chi connectivity index (χ1n) is 12.2. The summed E-state index contributed by atoms with van der Waals surface area (Å²) in [5.74, 6) is -0.200. The standard InChI is InChI=1S/C23H42N4O6/c1-5-19-20(33-23(31)25-12-6-7-13-26-27-24)11-10-18(28)9-8-15(2)14-16(3)21(29)17(4)22(30)32-19/h15-17,19-22,29-30H,5-14H2,1-4H3,(H,25,31). The van der Waals surface area contributed by atoms with Crippen LogP contribution in [0.5, 0.6) is 0 Å². The fourth-order valence-electron chi connectivity index (χ4n) is 4.21. The van der Waals surface area contributed by atoms with Crippen LogP contribution in [0, 0.1) is 17.8 Å². The van der Waals surface area contributed by atoms with E-state index in [1.807, 2.05) is 13.8 Å². The number of amides is 1. The summed E-state index contributed by atoms with van der Waals surface area (Å²) < 4.78 is 11.5. The van der Waals surface area contributed by atoms with Gasteiger partial charge in [0.2, 0.25) is 0 Å². The van der Waals surface area contributed by atoms with Gasteiger partial charge in [0.1, 0.15) is 11.9 Å². The zero-order chi connectivity index (χ0) is 24.8. The number of hydrogen-bond donors (Lipinski definition) is 3. The molecule has 0 aromatic carbocycles. The molecule has 1 fully saturated rings. The second kappa shape index (κ2) is 15.9. The van der Waals surface area contributed by atoms with Crippen molar-refractivity contribution >= 4 is 11.9 Å². The average Bonchev–Trinajstić information content (AvgIpc) is 2.79. The normalized spacial score (nSPS) is 32.3. The van der Waals surface area contributed by atoms with Crippen molar-refractivity contribution in [3.05, 3.63) is 10.4 Å². The summed E-state index contributed by atoms with van der Waals surface area (Å²) in [5.41, 5.74) is 8.28. The lowest BCUT2D eigenvalue weighted by Gasteiger charge is -2.34. The highest BCUT2D eigenvalue weighted by Gasteiger charge is 2.34. The van der Waals surface area contributed by atoms with Crippen LogP contribution in [-0.2, 0) is 14.3 Å².